The lowest BCUT2D eigenvalue weighted by molar-refractivity contribution is -0.122. The van der Waals surface area contributed by atoms with Crippen LogP contribution in [0.25, 0.3) is 0 Å². The van der Waals surface area contributed by atoms with Crippen LogP contribution in [0.3, 0.4) is 0 Å². The minimum atomic E-state index is -3.54. The Labute approximate surface area is 193 Å². The van der Waals surface area contributed by atoms with Gasteiger partial charge in [0.05, 0.1) is 21.5 Å². The van der Waals surface area contributed by atoms with Crippen LogP contribution in [0, 0.1) is 5.92 Å². The summed E-state index contributed by atoms with van der Waals surface area (Å²) in [6.07, 6.45) is 3.94. The van der Waals surface area contributed by atoms with Crippen molar-refractivity contribution < 1.29 is 18.0 Å². The Morgan fingerprint density at radius 3 is 2.28 bits per heavy atom. The summed E-state index contributed by atoms with van der Waals surface area (Å²) in [5.41, 5.74) is 1.09. The van der Waals surface area contributed by atoms with Gasteiger partial charge in [-0.2, -0.15) is 4.31 Å². The lowest BCUT2D eigenvalue weighted by Gasteiger charge is -2.20. The molecule has 1 N–H and O–H groups in total. The molecule has 2 aliphatic heterocycles. The molecule has 32 heavy (non-hydrogen) atoms. The van der Waals surface area contributed by atoms with Crippen molar-refractivity contribution in [1.29, 1.82) is 0 Å². The number of nitrogens with zero attached hydrogens (tertiary/aromatic N) is 2. The van der Waals surface area contributed by atoms with Crippen molar-refractivity contribution in [3.8, 4) is 0 Å². The zero-order valence-corrected chi connectivity index (χ0v) is 19.2. The Bertz CT molecular complexity index is 1100. The van der Waals surface area contributed by atoms with E-state index in [1.807, 2.05) is 0 Å². The normalized spacial score (nSPS) is 20.2. The van der Waals surface area contributed by atoms with Gasteiger partial charge in [-0.3, -0.25) is 9.59 Å². The number of halogens is 1. The van der Waals surface area contributed by atoms with Gasteiger partial charge < -0.3 is 10.2 Å². The molecule has 0 aromatic heterocycles. The molecule has 170 valence electrons. The van der Waals surface area contributed by atoms with Crippen molar-refractivity contribution >= 4 is 44.8 Å². The number of sulfonamides is 1. The molecule has 0 spiro atoms. The van der Waals surface area contributed by atoms with E-state index in [1.165, 1.54) is 17.0 Å². The third kappa shape index (κ3) is 4.82. The molecule has 1 atom stereocenters. The maximum Gasteiger partial charge on any atom is 0.243 e. The van der Waals surface area contributed by atoms with Gasteiger partial charge in [0.1, 0.15) is 0 Å². The second-order valence-corrected chi connectivity index (χ2v) is 10.5. The van der Waals surface area contributed by atoms with Crippen LogP contribution in [-0.4, -0.2) is 44.2 Å². The summed E-state index contributed by atoms with van der Waals surface area (Å²) in [5.74, 6) is -0.951. The minimum absolute atomic E-state index is 0.0957. The number of rotatable bonds is 5. The van der Waals surface area contributed by atoms with E-state index in [1.54, 1.807) is 40.7 Å². The molecule has 2 aromatic rings. The Morgan fingerprint density at radius 2 is 1.62 bits per heavy atom. The van der Waals surface area contributed by atoms with E-state index in [0.717, 1.165) is 25.7 Å². The fraction of sp³-hybridized carbons (Fsp3) is 0.391. The first kappa shape index (κ1) is 22.8. The Kier molecular flexibility index (Phi) is 6.83. The van der Waals surface area contributed by atoms with Crippen LogP contribution >= 0.6 is 11.6 Å². The summed E-state index contributed by atoms with van der Waals surface area (Å²) in [6.45, 7) is 1.33. The smallest absolute Gasteiger partial charge is 0.243 e. The molecule has 9 heteroatoms. The van der Waals surface area contributed by atoms with Crippen molar-refractivity contribution in [2.45, 2.75) is 37.0 Å². The predicted octanol–water partition coefficient (Wildman–Crippen LogP) is 3.90. The molecule has 0 bridgehead atoms. The number of hydrogen-bond donors (Lipinski definition) is 1. The summed E-state index contributed by atoms with van der Waals surface area (Å²) < 4.78 is 27.3. The number of benzene rings is 2. The summed E-state index contributed by atoms with van der Waals surface area (Å²) in [5, 5.41) is 3.26. The van der Waals surface area contributed by atoms with Gasteiger partial charge in [0.2, 0.25) is 21.8 Å². The van der Waals surface area contributed by atoms with Crippen molar-refractivity contribution in [1.82, 2.24) is 4.31 Å². The van der Waals surface area contributed by atoms with E-state index in [9.17, 15) is 18.0 Å². The van der Waals surface area contributed by atoms with Gasteiger partial charge in [-0.25, -0.2) is 8.42 Å². The van der Waals surface area contributed by atoms with Crippen molar-refractivity contribution in [3.05, 3.63) is 53.6 Å². The molecule has 2 aromatic carbocycles. The van der Waals surface area contributed by atoms with Gasteiger partial charge in [-0.1, -0.05) is 36.6 Å². The third-order valence-electron chi connectivity index (χ3n) is 5.96. The predicted molar refractivity (Wildman–Crippen MR) is 124 cm³/mol. The fourth-order valence-electron chi connectivity index (χ4n) is 4.17. The van der Waals surface area contributed by atoms with Gasteiger partial charge >= 0.3 is 0 Å². The lowest BCUT2D eigenvalue weighted by atomic mass is 10.1. The van der Waals surface area contributed by atoms with Crippen molar-refractivity contribution in [3.63, 3.8) is 0 Å². The zero-order chi connectivity index (χ0) is 22.7. The Balaban J connectivity index is 1.41. The van der Waals surface area contributed by atoms with E-state index < -0.39 is 15.9 Å². The summed E-state index contributed by atoms with van der Waals surface area (Å²) >= 11 is 6.20. The number of carbonyl (C=O) groups is 2. The number of hydrogen-bond acceptors (Lipinski definition) is 4. The van der Waals surface area contributed by atoms with Crippen LogP contribution in [-0.2, 0) is 19.6 Å². The minimum Gasteiger partial charge on any atom is -0.326 e. The van der Waals surface area contributed by atoms with E-state index in [0.29, 0.717) is 29.5 Å². The van der Waals surface area contributed by atoms with Crippen LogP contribution in [0.2, 0.25) is 5.02 Å². The van der Waals surface area contributed by atoms with Gasteiger partial charge in [0, 0.05) is 31.7 Å². The highest BCUT2D eigenvalue weighted by Crippen LogP contribution is 2.31. The summed E-state index contributed by atoms with van der Waals surface area (Å²) in [7, 11) is -3.54. The van der Waals surface area contributed by atoms with E-state index in [4.69, 9.17) is 11.6 Å². The molecule has 0 saturated carbocycles. The molecule has 0 unspecified atom stereocenters. The van der Waals surface area contributed by atoms with Gasteiger partial charge in [0.25, 0.3) is 0 Å². The van der Waals surface area contributed by atoms with Gasteiger partial charge in [0.15, 0.2) is 0 Å². The molecule has 2 heterocycles. The van der Waals surface area contributed by atoms with Crippen LogP contribution in [0.1, 0.15) is 32.1 Å². The molecular formula is C23H26ClN3O4S. The number of anilines is 2. The molecule has 2 fully saturated rings. The first-order chi connectivity index (χ1) is 15.4. The monoisotopic (exact) mass is 475 g/mol. The highest BCUT2D eigenvalue weighted by atomic mass is 35.5. The molecule has 7 nitrogen and oxygen atoms in total. The average molecular weight is 476 g/mol. The van der Waals surface area contributed by atoms with Crippen LogP contribution in [0.4, 0.5) is 11.4 Å². The van der Waals surface area contributed by atoms with E-state index >= 15 is 0 Å². The molecule has 2 aliphatic rings. The first-order valence-corrected chi connectivity index (χ1v) is 12.6. The SMILES string of the molecule is O=C(Nc1ccc(S(=O)(=O)N2CCCCCC2)cc1)[C@@H]1CC(=O)N(c2ccccc2Cl)C1. The van der Waals surface area contributed by atoms with Gasteiger partial charge in [-0.15, -0.1) is 0 Å². The molecule has 4 rings (SSSR count). The standard InChI is InChI=1S/C23H26ClN3O4S/c24-20-7-3-4-8-21(20)27-16-17(15-22(27)28)23(29)25-18-9-11-19(12-10-18)32(30,31)26-13-5-1-2-6-14-26/h3-4,7-12,17H,1-2,5-6,13-16H2,(H,25,29)/t17-/m1/s1. The number of para-hydroxylation sites is 1. The molecule has 2 amide bonds. The Hall–Kier alpha value is -2.42. The van der Waals surface area contributed by atoms with E-state index in [2.05, 4.69) is 5.32 Å². The molecule has 2 saturated heterocycles. The largest absolute Gasteiger partial charge is 0.326 e. The second kappa shape index (κ2) is 9.60. The van der Waals surface area contributed by atoms with Crippen LogP contribution in [0.15, 0.2) is 53.4 Å². The first-order valence-electron chi connectivity index (χ1n) is 10.8. The summed E-state index contributed by atoms with van der Waals surface area (Å²) in [6, 6.07) is 13.3. The molecule has 0 radical (unpaired) electrons. The van der Waals surface area contributed by atoms with E-state index in [-0.39, 0.29) is 29.7 Å². The second-order valence-electron chi connectivity index (χ2n) is 8.19. The third-order valence-corrected chi connectivity index (χ3v) is 8.20. The summed E-state index contributed by atoms with van der Waals surface area (Å²) in [4.78, 5) is 26.9. The van der Waals surface area contributed by atoms with Gasteiger partial charge in [-0.05, 0) is 49.2 Å². The lowest BCUT2D eigenvalue weighted by Crippen LogP contribution is -2.32. The van der Waals surface area contributed by atoms with Crippen molar-refractivity contribution in [2.24, 2.45) is 5.92 Å². The zero-order valence-electron chi connectivity index (χ0n) is 17.7. The quantitative estimate of drug-likeness (QED) is 0.710. The highest BCUT2D eigenvalue weighted by molar-refractivity contribution is 7.89. The molecular weight excluding hydrogens is 450 g/mol. The van der Waals surface area contributed by atoms with Crippen LogP contribution in [0.5, 0.6) is 0 Å². The Morgan fingerprint density at radius 1 is 0.969 bits per heavy atom. The molecule has 0 aliphatic carbocycles. The highest BCUT2D eigenvalue weighted by Gasteiger charge is 2.36. The number of amides is 2. The fourth-order valence-corrected chi connectivity index (χ4v) is 5.93. The maximum absolute atomic E-state index is 12.9. The van der Waals surface area contributed by atoms with Crippen LogP contribution < -0.4 is 10.2 Å². The topological polar surface area (TPSA) is 86.8 Å². The number of carbonyl (C=O) groups excluding carboxylic acids is 2. The average Bonchev–Trinajstić information content (AvgIpc) is 2.98. The maximum atomic E-state index is 12.9. The number of nitrogens with one attached hydrogen (secondary N) is 1. The van der Waals surface area contributed by atoms with Crippen molar-refractivity contribution in [2.75, 3.05) is 29.9 Å².